The maximum atomic E-state index is 4.77. The van der Waals surface area contributed by atoms with Gasteiger partial charge in [0.25, 0.3) is 0 Å². The van der Waals surface area contributed by atoms with Crippen molar-refractivity contribution in [3.05, 3.63) is 56.9 Å². The Bertz CT molecular complexity index is 797. The minimum absolute atomic E-state index is 0.351. The Kier molecular flexibility index (Phi) is 5.95. The molecule has 0 spiro atoms. The lowest BCUT2D eigenvalue weighted by atomic mass is 9.88. The number of allylic oxidation sites excluding steroid dienone is 1. The van der Waals surface area contributed by atoms with Crippen LogP contribution in [0.5, 0.6) is 0 Å². The first-order valence-electron chi connectivity index (χ1n) is 8.36. The molecule has 0 aliphatic carbocycles. The van der Waals surface area contributed by atoms with Crippen molar-refractivity contribution >= 4 is 29.1 Å². The fourth-order valence-electron chi connectivity index (χ4n) is 2.83. The molecule has 0 aliphatic heterocycles. The second-order valence-corrected chi connectivity index (χ2v) is 7.36. The molecule has 0 aliphatic rings. The zero-order chi connectivity index (χ0) is 17.0. The van der Waals surface area contributed by atoms with Crippen molar-refractivity contribution in [2.45, 2.75) is 52.9 Å². The number of hydrogen-bond acceptors (Lipinski definition) is 2. The lowest BCUT2D eigenvalue weighted by Gasteiger charge is -2.17. The van der Waals surface area contributed by atoms with Crippen LogP contribution in [-0.4, -0.2) is 4.98 Å². The number of aryl methyl sites for hydroxylation is 1. The summed E-state index contributed by atoms with van der Waals surface area (Å²) in [6.45, 7) is 16.9. The first-order chi connectivity index (χ1) is 11.0. The molecule has 2 rings (SSSR count). The van der Waals surface area contributed by atoms with Crippen LogP contribution in [0.3, 0.4) is 0 Å². The van der Waals surface area contributed by atoms with Gasteiger partial charge in [0, 0.05) is 10.5 Å². The number of nitrogens with zero attached hydrogens (tertiary/aromatic N) is 1. The molecule has 122 valence electrons. The molecular weight excluding hydrogens is 298 g/mol. The van der Waals surface area contributed by atoms with Gasteiger partial charge in [0.1, 0.15) is 5.01 Å². The minimum Gasteiger partial charge on any atom is -0.236 e. The number of aromatic nitrogens is 1. The van der Waals surface area contributed by atoms with E-state index in [2.05, 4.69) is 58.2 Å². The molecule has 1 atom stereocenters. The van der Waals surface area contributed by atoms with E-state index in [1.165, 1.54) is 29.5 Å². The number of thiazole rings is 1. The summed E-state index contributed by atoms with van der Waals surface area (Å²) in [5.74, 6) is 0.351. The van der Waals surface area contributed by atoms with E-state index in [1.54, 1.807) is 11.3 Å². The van der Waals surface area contributed by atoms with E-state index >= 15 is 0 Å². The summed E-state index contributed by atoms with van der Waals surface area (Å²) in [6, 6.07) is 8.81. The summed E-state index contributed by atoms with van der Waals surface area (Å²) >= 11 is 1.64. The molecule has 2 aromatic rings. The summed E-state index contributed by atoms with van der Waals surface area (Å²) < 4.78 is 1.04. The van der Waals surface area contributed by atoms with Gasteiger partial charge in [-0.05, 0) is 49.0 Å². The van der Waals surface area contributed by atoms with Crippen LogP contribution in [0.15, 0.2) is 30.8 Å². The van der Waals surface area contributed by atoms with Crippen molar-refractivity contribution in [2.75, 3.05) is 0 Å². The third-order valence-electron chi connectivity index (χ3n) is 4.41. The lowest BCUT2D eigenvalue weighted by Crippen LogP contribution is -2.24. The van der Waals surface area contributed by atoms with Crippen LogP contribution in [-0.2, 0) is 6.42 Å². The maximum absolute atomic E-state index is 4.77. The Hall–Kier alpha value is -1.67. The molecule has 0 fully saturated rings. The van der Waals surface area contributed by atoms with E-state index in [-0.39, 0.29) is 0 Å². The average Bonchev–Trinajstić information content (AvgIpc) is 2.94. The Morgan fingerprint density at radius 3 is 2.57 bits per heavy atom. The summed E-state index contributed by atoms with van der Waals surface area (Å²) in [7, 11) is 0. The highest BCUT2D eigenvalue weighted by Crippen LogP contribution is 2.27. The smallest absolute Gasteiger partial charge is 0.119 e. The monoisotopic (exact) mass is 325 g/mol. The summed E-state index contributed by atoms with van der Waals surface area (Å²) in [4.78, 5) is 4.77. The molecule has 1 unspecified atom stereocenters. The maximum Gasteiger partial charge on any atom is 0.119 e. The lowest BCUT2D eigenvalue weighted by molar-refractivity contribution is 0.780. The first kappa shape index (κ1) is 17.7. The van der Waals surface area contributed by atoms with Gasteiger partial charge in [0.05, 0.1) is 5.35 Å². The SMILES string of the molecule is C=C(C)c1n/c(=C(/C)C(C)c2ccccc2CCCC)c(=C)s1. The van der Waals surface area contributed by atoms with Gasteiger partial charge in [-0.3, -0.25) is 0 Å². The predicted molar refractivity (Wildman–Crippen MR) is 104 cm³/mol. The number of rotatable bonds is 6. The molecule has 0 saturated heterocycles. The quantitative estimate of drug-likeness (QED) is 0.736. The van der Waals surface area contributed by atoms with Crippen LogP contribution >= 0.6 is 11.3 Å². The van der Waals surface area contributed by atoms with Gasteiger partial charge in [0.15, 0.2) is 0 Å². The van der Waals surface area contributed by atoms with Crippen molar-refractivity contribution in [3.8, 4) is 0 Å². The van der Waals surface area contributed by atoms with Gasteiger partial charge >= 0.3 is 0 Å². The van der Waals surface area contributed by atoms with E-state index in [4.69, 9.17) is 4.98 Å². The summed E-state index contributed by atoms with van der Waals surface area (Å²) in [6.07, 6.45) is 3.61. The van der Waals surface area contributed by atoms with E-state index in [0.717, 1.165) is 26.9 Å². The highest BCUT2D eigenvalue weighted by atomic mass is 32.1. The third-order valence-corrected chi connectivity index (χ3v) is 5.48. The molecule has 0 N–H and O–H groups in total. The molecule has 23 heavy (non-hydrogen) atoms. The molecule has 2 heteroatoms. The number of hydrogen-bond donors (Lipinski definition) is 0. The van der Waals surface area contributed by atoms with Crippen molar-refractivity contribution in [1.29, 1.82) is 0 Å². The highest BCUT2D eigenvalue weighted by Gasteiger charge is 2.14. The van der Waals surface area contributed by atoms with Gasteiger partial charge < -0.3 is 0 Å². The predicted octanol–water partition coefficient (Wildman–Crippen LogP) is 4.90. The normalized spacial score (nSPS) is 13.7. The zero-order valence-electron chi connectivity index (χ0n) is 14.8. The van der Waals surface area contributed by atoms with E-state index < -0.39 is 0 Å². The summed E-state index contributed by atoms with van der Waals surface area (Å²) in [5, 5.41) is 2.04. The Labute approximate surface area is 144 Å². The van der Waals surface area contributed by atoms with Gasteiger partial charge in [-0.25, -0.2) is 4.98 Å². The summed E-state index contributed by atoms with van der Waals surface area (Å²) in [5.41, 5.74) is 5.18. The van der Waals surface area contributed by atoms with Crippen molar-refractivity contribution in [3.63, 3.8) is 0 Å². The molecule has 0 amide bonds. The van der Waals surface area contributed by atoms with Crippen LogP contribution in [0.4, 0.5) is 0 Å². The second-order valence-electron chi connectivity index (χ2n) is 6.28. The van der Waals surface area contributed by atoms with Gasteiger partial charge in [-0.15, -0.1) is 11.3 Å². The van der Waals surface area contributed by atoms with Crippen LogP contribution in [0.25, 0.3) is 17.7 Å². The Balaban J connectivity index is 2.48. The third kappa shape index (κ3) is 4.00. The van der Waals surface area contributed by atoms with Gasteiger partial charge in [-0.1, -0.05) is 57.7 Å². The van der Waals surface area contributed by atoms with Crippen LogP contribution < -0.4 is 9.88 Å². The topological polar surface area (TPSA) is 12.9 Å². The number of benzene rings is 1. The molecule has 1 nitrogen and oxygen atoms in total. The molecule has 1 heterocycles. The van der Waals surface area contributed by atoms with E-state index in [9.17, 15) is 0 Å². The van der Waals surface area contributed by atoms with Crippen LogP contribution in [0.2, 0.25) is 0 Å². The van der Waals surface area contributed by atoms with Crippen LogP contribution in [0, 0.1) is 0 Å². The zero-order valence-corrected chi connectivity index (χ0v) is 15.6. The van der Waals surface area contributed by atoms with Crippen LogP contribution in [0.1, 0.15) is 62.6 Å². The largest absolute Gasteiger partial charge is 0.236 e. The van der Waals surface area contributed by atoms with E-state index in [0.29, 0.717) is 5.92 Å². The Morgan fingerprint density at radius 2 is 1.96 bits per heavy atom. The molecule has 0 bridgehead atoms. The average molecular weight is 326 g/mol. The van der Waals surface area contributed by atoms with Gasteiger partial charge in [0.2, 0.25) is 0 Å². The van der Waals surface area contributed by atoms with Crippen molar-refractivity contribution in [2.24, 2.45) is 0 Å². The first-order valence-corrected chi connectivity index (χ1v) is 9.17. The molecule has 0 saturated carbocycles. The fraction of sp³-hybridized carbons (Fsp3) is 0.381. The second kappa shape index (κ2) is 7.74. The molecule has 0 radical (unpaired) electrons. The van der Waals surface area contributed by atoms with Gasteiger partial charge in [-0.2, -0.15) is 0 Å². The molecule has 1 aromatic heterocycles. The standard InChI is InChI=1S/C21H27NS/c1-7-8-11-18-12-9-10-13-19(18)15(4)16(5)20-17(6)23-21(22-20)14(2)3/h9-10,12-13,15H,2,6-8,11H2,1,3-5H3/b20-16-. The van der Waals surface area contributed by atoms with Crippen molar-refractivity contribution in [1.82, 2.24) is 4.98 Å². The Morgan fingerprint density at radius 1 is 1.26 bits per heavy atom. The number of unbranched alkanes of at least 4 members (excludes halogenated alkanes) is 1. The molecule has 1 aromatic carbocycles. The fourth-order valence-corrected chi connectivity index (χ4v) is 3.68. The van der Waals surface area contributed by atoms with E-state index in [1.807, 2.05) is 6.92 Å². The molecular formula is C21H27NS. The van der Waals surface area contributed by atoms with Crippen molar-refractivity contribution < 1.29 is 0 Å². The highest BCUT2D eigenvalue weighted by molar-refractivity contribution is 7.10. The minimum atomic E-state index is 0.351.